The van der Waals surface area contributed by atoms with Crippen LogP contribution in [0.3, 0.4) is 0 Å². The Balaban J connectivity index is 1.27. The first-order valence-corrected chi connectivity index (χ1v) is 14.9. The van der Waals surface area contributed by atoms with E-state index >= 15 is 0 Å². The molecule has 0 bridgehead atoms. The van der Waals surface area contributed by atoms with Crippen molar-refractivity contribution in [2.45, 2.75) is 51.9 Å². The van der Waals surface area contributed by atoms with Gasteiger partial charge in [0.1, 0.15) is 0 Å². The third kappa shape index (κ3) is 7.87. The van der Waals surface area contributed by atoms with Gasteiger partial charge < -0.3 is 15.5 Å². The summed E-state index contributed by atoms with van der Waals surface area (Å²) < 4.78 is 0. The summed E-state index contributed by atoms with van der Waals surface area (Å²) in [4.78, 5) is 28.0. The Morgan fingerprint density at radius 3 is 2.00 bits per heavy atom. The van der Waals surface area contributed by atoms with Gasteiger partial charge in [-0.25, -0.2) is 0 Å². The van der Waals surface area contributed by atoms with Crippen LogP contribution < -0.4 is 10.6 Å². The third-order valence-corrected chi connectivity index (χ3v) is 8.31. The maximum absolute atomic E-state index is 13.3. The lowest BCUT2D eigenvalue weighted by molar-refractivity contribution is -0.121. The summed E-state index contributed by atoms with van der Waals surface area (Å²) >= 11 is 12.2. The van der Waals surface area contributed by atoms with Gasteiger partial charge in [0, 0.05) is 28.2 Å². The number of nitrogens with zero attached hydrogens (tertiary/aromatic N) is 1. The van der Waals surface area contributed by atoms with Gasteiger partial charge in [0.05, 0.1) is 5.92 Å². The molecule has 3 aromatic rings. The fourth-order valence-electron chi connectivity index (χ4n) is 5.40. The number of benzene rings is 3. The van der Waals surface area contributed by atoms with Crippen molar-refractivity contribution in [1.82, 2.24) is 10.2 Å². The summed E-state index contributed by atoms with van der Waals surface area (Å²) in [7, 11) is 0. The van der Waals surface area contributed by atoms with Crippen molar-refractivity contribution < 1.29 is 9.59 Å². The molecule has 3 aromatic carbocycles. The zero-order chi connectivity index (χ0) is 28.6. The van der Waals surface area contributed by atoms with Crippen molar-refractivity contribution >= 4 is 40.7 Å². The maximum Gasteiger partial charge on any atom is 0.232 e. The molecular weight excluding hydrogens is 541 g/mol. The van der Waals surface area contributed by atoms with Crippen LogP contribution in [0.5, 0.6) is 0 Å². The lowest BCUT2D eigenvalue weighted by atomic mass is 9.86. The van der Waals surface area contributed by atoms with E-state index in [9.17, 15) is 9.59 Å². The summed E-state index contributed by atoms with van der Waals surface area (Å²) in [6.07, 6.45) is 3.06. The number of carbonyl (C=O) groups excluding carboxylic acids is 2. The molecule has 7 heteroatoms. The fraction of sp³-hybridized carbons (Fsp3) is 0.394. The number of piperidine rings is 1. The van der Waals surface area contributed by atoms with Gasteiger partial charge in [-0.3, -0.25) is 9.59 Å². The monoisotopic (exact) mass is 579 g/mol. The molecule has 5 nitrogen and oxygen atoms in total. The normalized spacial score (nSPS) is 14.5. The number of carbonyl (C=O) groups is 2. The Hall–Kier alpha value is -2.86. The van der Waals surface area contributed by atoms with E-state index in [1.807, 2.05) is 68.4 Å². The zero-order valence-electron chi connectivity index (χ0n) is 23.6. The van der Waals surface area contributed by atoms with Crippen LogP contribution in [0.4, 0.5) is 5.69 Å². The molecule has 0 atom stereocenters. The molecule has 0 aliphatic carbocycles. The number of amides is 2. The van der Waals surface area contributed by atoms with Gasteiger partial charge in [-0.05, 0) is 104 Å². The Labute approximate surface area is 248 Å². The molecule has 1 aliphatic heterocycles. The average molecular weight is 581 g/mol. The van der Waals surface area contributed by atoms with E-state index < -0.39 is 5.92 Å². The molecular formula is C33H39Cl2N3O2. The summed E-state index contributed by atoms with van der Waals surface area (Å²) in [6.45, 7) is 9.55. The summed E-state index contributed by atoms with van der Waals surface area (Å²) in [5, 5.41) is 7.52. The quantitative estimate of drug-likeness (QED) is 0.246. The van der Waals surface area contributed by atoms with Gasteiger partial charge >= 0.3 is 0 Å². The molecule has 0 unspecified atom stereocenters. The molecule has 0 spiro atoms. The maximum atomic E-state index is 13.3. The number of hydrogen-bond donors (Lipinski definition) is 2. The van der Waals surface area contributed by atoms with E-state index in [4.69, 9.17) is 23.2 Å². The van der Waals surface area contributed by atoms with Crippen LogP contribution in [0.1, 0.15) is 67.2 Å². The van der Waals surface area contributed by atoms with Crippen LogP contribution in [-0.2, 0) is 9.59 Å². The van der Waals surface area contributed by atoms with Gasteiger partial charge in [0.15, 0.2) is 0 Å². The smallest absolute Gasteiger partial charge is 0.232 e. The molecule has 1 aliphatic rings. The van der Waals surface area contributed by atoms with E-state index in [2.05, 4.69) is 34.6 Å². The second-order valence-corrected chi connectivity index (χ2v) is 11.8. The Morgan fingerprint density at radius 1 is 0.875 bits per heavy atom. The minimum Gasteiger partial charge on any atom is -0.355 e. The number of hydrogen-bond acceptors (Lipinski definition) is 3. The molecule has 1 saturated heterocycles. The number of anilines is 1. The van der Waals surface area contributed by atoms with E-state index in [0.717, 1.165) is 55.7 Å². The molecule has 4 rings (SSSR count). The van der Waals surface area contributed by atoms with Gasteiger partial charge in [-0.1, -0.05) is 73.4 Å². The first kappa shape index (κ1) is 30.1. The molecule has 212 valence electrons. The van der Waals surface area contributed by atoms with E-state index in [1.165, 1.54) is 11.1 Å². The minimum absolute atomic E-state index is 0.0248. The predicted molar refractivity (Wildman–Crippen MR) is 165 cm³/mol. The van der Waals surface area contributed by atoms with Crippen LogP contribution in [0.15, 0.2) is 66.7 Å². The molecule has 0 saturated carbocycles. The summed E-state index contributed by atoms with van der Waals surface area (Å²) in [5.74, 6) is 0.0517. The SMILES string of the molecule is Cc1c(NC(=O)C(C)C)cccc1C1CCN(CCCNC(=O)C(c2ccc(Cl)cc2)c2ccc(Cl)cc2)CC1. The number of rotatable bonds is 10. The molecule has 0 radical (unpaired) electrons. The highest BCUT2D eigenvalue weighted by atomic mass is 35.5. The fourth-order valence-corrected chi connectivity index (χ4v) is 5.65. The van der Waals surface area contributed by atoms with Crippen molar-refractivity contribution in [1.29, 1.82) is 0 Å². The lowest BCUT2D eigenvalue weighted by Gasteiger charge is -2.33. The molecule has 2 N–H and O–H groups in total. The van der Waals surface area contributed by atoms with Crippen LogP contribution in [0.25, 0.3) is 0 Å². The second kappa shape index (κ2) is 14.2. The zero-order valence-corrected chi connectivity index (χ0v) is 25.1. The highest BCUT2D eigenvalue weighted by molar-refractivity contribution is 6.30. The number of nitrogens with one attached hydrogen (secondary N) is 2. The van der Waals surface area contributed by atoms with Crippen molar-refractivity contribution in [2.24, 2.45) is 5.92 Å². The van der Waals surface area contributed by atoms with Crippen LogP contribution in [0.2, 0.25) is 10.0 Å². The standard InChI is InChI=1S/C33H39Cl2N3O2/c1-22(2)32(39)37-30-7-4-6-29(23(30)3)24-16-20-38(21-17-24)19-5-18-36-33(40)31(25-8-12-27(34)13-9-25)26-10-14-28(35)15-11-26/h4,6-15,22,24,31H,5,16-21H2,1-3H3,(H,36,40)(H,37,39). The van der Waals surface area contributed by atoms with E-state index in [0.29, 0.717) is 22.5 Å². The van der Waals surface area contributed by atoms with Gasteiger partial charge in [-0.2, -0.15) is 0 Å². The van der Waals surface area contributed by atoms with Crippen molar-refractivity contribution in [3.63, 3.8) is 0 Å². The number of halogens is 2. The van der Waals surface area contributed by atoms with Crippen molar-refractivity contribution in [2.75, 3.05) is 31.5 Å². The van der Waals surface area contributed by atoms with Crippen molar-refractivity contribution in [3.05, 3.63) is 99.0 Å². The van der Waals surface area contributed by atoms with Gasteiger partial charge in [0.2, 0.25) is 11.8 Å². The third-order valence-electron chi connectivity index (χ3n) is 7.80. The molecule has 1 heterocycles. The summed E-state index contributed by atoms with van der Waals surface area (Å²) in [6, 6.07) is 21.1. The highest BCUT2D eigenvalue weighted by Gasteiger charge is 2.24. The molecule has 40 heavy (non-hydrogen) atoms. The Bertz CT molecular complexity index is 1240. The minimum atomic E-state index is -0.422. The van der Waals surface area contributed by atoms with Crippen LogP contribution in [0, 0.1) is 12.8 Å². The van der Waals surface area contributed by atoms with Crippen LogP contribution >= 0.6 is 23.2 Å². The highest BCUT2D eigenvalue weighted by Crippen LogP contribution is 2.33. The van der Waals surface area contributed by atoms with E-state index in [-0.39, 0.29) is 17.7 Å². The number of likely N-dealkylation sites (tertiary alicyclic amines) is 1. The Morgan fingerprint density at radius 2 is 1.45 bits per heavy atom. The van der Waals surface area contributed by atoms with Gasteiger partial charge in [0.25, 0.3) is 0 Å². The molecule has 2 amide bonds. The van der Waals surface area contributed by atoms with Gasteiger partial charge in [-0.15, -0.1) is 0 Å². The van der Waals surface area contributed by atoms with Crippen LogP contribution in [-0.4, -0.2) is 42.9 Å². The van der Waals surface area contributed by atoms with Crippen molar-refractivity contribution in [3.8, 4) is 0 Å². The lowest BCUT2D eigenvalue weighted by Crippen LogP contribution is -2.36. The Kier molecular flexibility index (Phi) is 10.7. The molecule has 0 aromatic heterocycles. The average Bonchev–Trinajstić information content (AvgIpc) is 2.95. The first-order valence-electron chi connectivity index (χ1n) is 14.1. The predicted octanol–water partition coefficient (Wildman–Crippen LogP) is 7.41. The topological polar surface area (TPSA) is 61.4 Å². The van der Waals surface area contributed by atoms with E-state index in [1.54, 1.807) is 0 Å². The summed E-state index contributed by atoms with van der Waals surface area (Å²) in [5.41, 5.74) is 5.23. The molecule has 1 fully saturated rings. The second-order valence-electron chi connectivity index (χ2n) is 11.0. The largest absolute Gasteiger partial charge is 0.355 e. The first-order chi connectivity index (χ1) is 19.2.